The van der Waals surface area contributed by atoms with E-state index in [1.165, 1.54) is 41.5 Å². The summed E-state index contributed by atoms with van der Waals surface area (Å²) in [6.45, 7) is 0. The molecule has 18 heavy (non-hydrogen) atoms. The van der Waals surface area contributed by atoms with Gasteiger partial charge in [0.2, 0.25) is 0 Å². The highest BCUT2D eigenvalue weighted by Gasteiger charge is 2.09. The number of halogens is 1. The van der Waals surface area contributed by atoms with E-state index in [0.717, 1.165) is 0 Å². The average Bonchev–Trinajstić information content (AvgIpc) is 2.74. The van der Waals surface area contributed by atoms with Gasteiger partial charge in [0.25, 0.3) is 5.56 Å². The molecule has 0 bridgehead atoms. The van der Waals surface area contributed by atoms with Gasteiger partial charge in [0.05, 0.1) is 12.0 Å². The van der Waals surface area contributed by atoms with Crippen LogP contribution in [0.15, 0.2) is 41.7 Å². The van der Waals surface area contributed by atoms with E-state index in [4.69, 9.17) is 0 Å². The van der Waals surface area contributed by atoms with Crippen LogP contribution in [-0.4, -0.2) is 19.1 Å². The van der Waals surface area contributed by atoms with E-state index in [1.807, 2.05) is 0 Å². The minimum absolute atomic E-state index is 0.271. The van der Waals surface area contributed by atoms with E-state index in [2.05, 4.69) is 9.97 Å². The molecule has 0 aliphatic carbocycles. The molecule has 3 rings (SSSR count). The lowest BCUT2D eigenvalue weighted by molar-refractivity contribution is 0.627. The highest BCUT2D eigenvalue weighted by Crippen LogP contribution is 2.08. The highest BCUT2D eigenvalue weighted by atomic mass is 19.1. The van der Waals surface area contributed by atoms with Crippen LogP contribution < -0.4 is 5.56 Å². The van der Waals surface area contributed by atoms with E-state index < -0.39 is 0 Å². The number of benzene rings is 1. The Bertz CT molecular complexity index is 773. The maximum absolute atomic E-state index is 12.8. The van der Waals surface area contributed by atoms with Crippen LogP contribution >= 0.6 is 0 Å². The molecule has 0 unspecified atom stereocenters. The Kier molecular flexibility index (Phi) is 2.22. The van der Waals surface area contributed by atoms with Crippen molar-refractivity contribution >= 4 is 11.2 Å². The van der Waals surface area contributed by atoms with Crippen LogP contribution in [0.2, 0.25) is 0 Å². The first-order valence-electron chi connectivity index (χ1n) is 5.31. The molecule has 0 saturated heterocycles. The van der Waals surface area contributed by atoms with Gasteiger partial charge < -0.3 is 4.57 Å². The quantitative estimate of drug-likeness (QED) is 0.647. The molecule has 0 fully saturated rings. The molecule has 2 aromatic heterocycles. The van der Waals surface area contributed by atoms with Gasteiger partial charge in [0, 0.05) is 7.05 Å². The van der Waals surface area contributed by atoms with Crippen LogP contribution in [0.5, 0.6) is 0 Å². The predicted molar refractivity (Wildman–Crippen MR) is 64.1 cm³/mol. The number of aryl methyl sites for hydroxylation is 1. The molecule has 0 N–H and O–H groups in total. The van der Waals surface area contributed by atoms with Gasteiger partial charge >= 0.3 is 0 Å². The summed E-state index contributed by atoms with van der Waals surface area (Å²) >= 11 is 0. The molecule has 0 saturated carbocycles. The normalized spacial score (nSPS) is 11.0. The van der Waals surface area contributed by atoms with Gasteiger partial charge in [-0.2, -0.15) is 0 Å². The molecule has 0 aliphatic rings. The monoisotopic (exact) mass is 244 g/mol. The van der Waals surface area contributed by atoms with Crippen molar-refractivity contribution in [1.29, 1.82) is 0 Å². The fraction of sp³-hybridized carbons (Fsp3) is 0.0833. The Hall–Kier alpha value is -2.50. The topological polar surface area (TPSA) is 52.7 Å². The van der Waals surface area contributed by atoms with Crippen molar-refractivity contribution < 1.29 is 4.39 Å². The fourth-order valence-corrected chi connectivity index (χ4v) is 1.79. The van der Waals surface area contributed by atoms with Gasteiger partial charge in [-0.3, -0.25) is 9.36 Å². The van der Waals surface area contributed by atoms with Crippen molar-refractivity contribution in [3.63, 3.8) is 0 Å². The van der Waals surface area contributed by atoms with Crippen LogP contribution in [0.1, 0.15) is 0 Å². The Morgan fingerprint density at radius 2 is 1.83 bits per heavy atom. The van der Waals surface area contributed by atoms with Crippen LogP contribution in [0, 0.1) is 5.82 Å². The van der Waals surface area contributed by atoms with Crippen molar-refractivity contribution in [1.82, 2.24) is 19.1 Å². The van der Waals surface area contributed by atoms with Crippen molar-refractivity contribution in [2.24, 2.45) is 7.05 Å². The van der Waals surface area contributed by atoms with Crippen molar-refractivity contribution in [2.45, 2.75) is 0 Å². The highest BCUT2D eigenvalue weighted by molar-refractivity contribution is 5.69. The first kappa shape index (κ1) is 10.6. The minimum Gasteiger partial charge on any atom is -0.318 e. The third-order valence-corrected chi connectivity index (χ3v) is 2.73. The van der Waals surface area contributed by atoms with Gasteiger partial charge in [-0.05, 0) is 24.3 Å². The van der Waals surface area contributed by atoms with Crippen molar-refractivity contribution in [3.8, 4) is 5.69 Å². The Morgan fingerprint density at radius 1 is 1.11 bits per heavy atom. The summed E-state index contributed by atoms with van der Waals surface area (Å²) in [6.07, 6.45) is 2.95. The summed E-state index contributed by atoms with van der Waals surface area (Å²) in [5.41, 5.74) is 1.11. The molecule has 6 heteroatoms. The number of aromatic nitrogens is 4. The van der Waals surface area contributed by atoms with Crippen molar-refractivity contribution in [2.75, 3.05) is 0 Å². The summed E-state index contributed by atoms with van der Waals surface area (Å²) in [5, 5.41) is 0. The second kappa shape index (κ2) is 3.76. The molecule has 0 spiro atoms. The van der Waals surface area contributed by atoms with Crippen LogP contribution in [0.4, 0.5) is 4.39 Å². The number of imidazole rings is 1. The van der Waals surface area contributed by atoms with E-state index in [-0.39, 0.29) is 11.4 Å². The SMILES string of the molecule is Cn1cnc2c(=O)n(-c3ccc(F)cc3)cnc21. The molecule has 0 amide bonds. The van der Waals surface area contributed by atoms with E-state index >= 15 is 0 Å². The lowest BCUT2D eigenvalue weighted by atomic mass is 10.3. The molecule has 1 aromatic carbocycles. The zero-order valence-electron chi connectivity index (χ0n) is 9.54. The van der Waals surface area contributed by atoms with Gasteiger partial charge in [-0.15, -0.1) is 0 Å². The molecular weight excluding hydrogens is 235 g/mol. The lowest BCUT2D eigenvalue weighted by Gasteiger charge is -2.04. The molecular formula is C12H9FN4O. The fourth-order valence-electron chi connectivity index (χ4n) is 1.79. The molecule has 90 valence electrons. The average molecular weight is 244 g/mol. The summed E-state index contributed by atoms with van der Waals surface area (Å²) in [5.74, 6) is -0.348. The standard InChI is InChI=1S/C12H9FN4O/c1-16-6-14-10-11(16)15-7-17(12(10)18)9-4-2-8(13)3-5-9/h2-7H,1H3. The predicted octanol–water partition coefficient (Wildman–Crippen LogP) is 1.26. The number of nitrogens with zero attached hydrogens (tertiary/aromatic N) is 4. The Labute approximate surface area is 101 Å². The molecule has 0 radical (unpaired) electrons. The summed E-state index contributed by atoms with van der Waals surface area (Å²) in [6, 6.07) is 5.63. The van der Waals surface area contributed by atoms with Crippen LogP contribution in [0.25, 0.3) is 16.9 Å². The van der Waals surface area contributed by atoms with Crippen LogP contribution in [0.3, 0.4) is 0 Å². The lowest BCUT2D eigenvalue weighted by Crippen LogP contribution is -2.19. The largest absolute Gasteiger partial charge is 0.318 e. The number of rotatable bonds is 1. The molecule has 0 aliphatic heterocycles. The second-order valence-corrected chi connectivity index (χ2v) is 3.92. The summed E-state index contributed by atoms with van der Waals surface area (Å²) < 4.78 is 15.9. The van der Waals surface area contributed by atoms with Gasteiger partial charge in [0.15, 0.2) is 11.2 Å². The molecule has 3 aromatic rings. The maximum Gasteiger partial charge on any atom is 0.286 e. The summed E-state index contributed by atoms with van der Waals surface area (Å²) in [4.78, 5) is 20.4. The number of hydrogen-bond acceptors (Lipinski definition) is 3. The molecule has 0 atom stereocenters. The van der Waals surface area contributed by atoms with E-state index in [9.17, 15) is 9.18 Å². The Morgan fingerprint density at radius 3 is 2.56 bits per heavy atom. The zero-order chi connectivity index (χ0) is 12.7. The van der Waals surface area contributed by atoms with Gasteiger partial charge in [-0.25, -0.2) is 14.4 Å². The van der Waals surface area contributed by atoms with Gasteiger partial charge in [0.1, 0.15) is 12.1 Å². The third kappa shape index (κ3) is 1.50. The number of fused-ring (bicyclic) bond motifs is 1. The number of hydrogen-bond donors (Lipinski definition) is 0. The van der Waals surface area contributed by atoms with Crippen molar-refractivity contribution in [3.05, 3.63) is 53.1 Å². The zero-order valence-corrected chi connectivity index (χ0v) is 9.54. The smallest absolute Gasteiger partial charge is 0.286 e. The van der Waals surface area contributed by atoms with E-state index in [0.29, 0.717) is 16.9 Å². The molecule has 5 nitrogen and oxygen atoms in total. The first-order valence-corrected chi connectivity index (χ1v) is 5.31. The van der Waals surface area contributed by atoms with E-state index in [1.54, 1.807) is 11.6 Å². The minimum atomic E-state index is -0.348. The van der Waals surface area contributed by atoms with Gasteiger partial charge in [-0.1, -0.05) is 0 Å². The maximum atomic E-state index is 12.8. The van der Waals surface area contributed by atoms with Crippen LogP contribution in [-0.2, 0) is 7.05 Å². The Balaban J connectivity index is 2.27. The first-order chi connectivity index (χ1) is 8.66. The molecule has 2 heterocycles. The second-order valence-electron chi connectivity index (χ2n) is 3.92. The summed E-state index contributed by atoms with van der Waals surface area (Å²) in [7, 11) is 1.77. The third-order valence-electron chi connectivity index (χ3n) is 2.73.